The lowest BCUT2D eigenvalue weighted by Gasteiger charge is -2.36. The fraction of sp³-hybridized carbons (Fsp3) is 0.520. The summed E-state index contributed by atoms with van der Waals surface area (Å²) in [6.07, 6.45) is 4.68. The van der Waals surface area contributed by atoms with Crippen molar-refractivity contribution in [2.75, 3.05) is 52.4 Å². The van der Waals surface area contributed by atoms with Gasteiger partial charge in [0.1, 0.15) is 5.75 Å². The van der Waals surface area contributed by atoms with Gasteiger partial charge in [0.2, 0.25) is 11.8 Å². The Morgan fingerprint density at radius 2 is 1.48 bits per heavy atom. The lowest BCUT2D eigenvalue weighted by molar-refractivity contribution is -0.135. The predicted molar refractivity (Wildman–Crippen MR) is 122 cm³/mol. The SMILES string of the molecule is O=C(CCCOc1cccc2ccccc12)N1CCN(CC(=O)N2CCCCC2)CC1. The van der Waals surface area contributed by atoms with E-state index < -0.39 is 0 Å². The second-order valence-electron chi connectivity index (χ2n) is 8.53. The van der Waals surface area contributed by atoms with Gasteiger partial charge in [-0.05, 0) is 37.1 Å². The first-order chi connectivity index (χ1) is 15.2. The van der Waals surface area contributed by atoms with E-state index in [9.17, 15) is 9.59 Å². The van der Waals surface area contributed by atoms with Gasteiger partial charge >= 0.3 is 0 Å². The number of piperazine rings is 1. The van der Waals surface area contributed by atoms with Crippen LogP contribution in [0.2, 0.25) is 0 Å². The van der Waals surface area contributed by atoms with Gasteiger partial charge in [0.15, 0.2) is 0 Å². The molecule has 2 aromatic rings. The summed E-state index contributed by atoms with van der Waals surface area (Å²) in [4.78, 5) is 31.1. The van der Waals surface area contributed by atoms with E-state index >= 15 is 0 Å². The van der Waals surface area contributed by atoms with Gasteiger partial charge in [-0.15, -0.1) is 0 Å². The third kappa shape index (κ3) is 5.76. The first kappa shape index (κ1) is 21.6. The molecule has 0 unspecified atom stereocenters. The van der Waals surface area contributed by atoms with Crippen LogP contribution in [0.3, 0.4) is 0 Å². The maximum absolute atomic E-state index is 12.6. The molecular formula is C25H33N3O3. The molecule has 2 amide bonds. The average molecular weight is 424 g/mol. The molecule has 6 heteroatoms. The summed E-state index contributed by atoms with van der Waals surface area (Å²) in [5.41, 5.74) is 0. The number of hydrogen-bond acceptors (Lipinski definition) is 4. The maximum atomic E-state index is 12.6. The predicted octanol–water partition coefficient (Wildman–Crippen LogP) is 3.16. The number of likely N-dealkylation sites (tertiary alicyclic amines) is 1. The molecule has 2 heterocycles. The van der Waals surface area contributed by atoms with Crippen LogP contribution in [0.25, 0.3) is 10.8 Å². The smallest absolute Gasteiger partial charge is 0.236 e. The highest BCUT2D eigenvalue weighted by molar-refractivity contribution is 5.88. The molecular weight excluding hydrogens is 390 g/mol. The van der Waals surface area contributed by atoms with E-state index in [-0.39, 0.29) is 11.8 Å². The van der Waals surface area contributed by atoms with Crippen molar-refractivity contribution in [3.8, 4) is 5.75 Å². The van der Waals surface area contributed by atoms with Gasteiger partial charge < -0.3 is 14.5 Å². The number of nitrogens with zero attached hydrogens (tertiary/aromatic N) is 3. The van der Waals surface area contributed by atoms with Gasteiger partial charge in [-0.2, -0.15) is 0 Å². The molecule has 2 saturated heterocycles. The van der Waals surface area contributed by atoms with Crippen molar-refractivity contribution in [3.05, 3.63) is 42.5 Å². The zero-order valence-electron chi connectivity index (χ0n) is 18.3. The van der Waals surface area contributed by atoms with Gasteiger partial charge in [0.25, 0.3) is 0 Å². The molecule has 2 aliphatic rings. The Kier molecular flexibility index (Phi) is 7.41. The molecule has 4 rings (SSSR count). The van der Waals surface area contributed by atoms with E-state index in [2.05, 4.69) is 23.1 Å². The number of piperidine rings is 1. The molecule has 2 fully saturated rings. The number of benzene rings is 2. The van der Waals surface area contributed by atoms with Crippen LogP contribution in [0.5, 0.6) is 5.75 Å². The van der Waals surface area contributed by atoms with Crippen molar-refractivity contribution >= 4 is 22.6 Å². The Morgan fingerprint density at radius 1 is 0.774 bits per heavy atom. The molecule has 2 aliphatic heterocycles. The van der Waals surface area contributed by atoms with E-state index in [1.54, 1.807) is 0 Å². The Labute approximate surface area is 184 Å². The van der Waals surface area contributed by atoms with Crippen LogP contribution < -0.4 is 4.74 Å². The molecule has 166 valence electrons. The Morgan fingerprint density at radius 3 is 2.29 bits per heavy atom. The summed E-state index contributed by atoms with van der Waals surface area (Å²) in [6, 6.07) is 14.2. The lowest BCUT2D eigenvalue weighted by Crippen LogP contribution is -2.52. The first-order valence-corrected chi connectivity index (χ1v) is 11.6. The molecule has 2 aromatic carbocycles. The lowest BCUT2D eigenvalue weighted by atomic mass is 10.1. The van der Waals surface area contributed by atoms with E-state index in [0.29, 0.717) is 39.1 Å². The highest BCUT2D eigenvalue weighted by Crippen LogP contribution is 2.25. The van der Waals surface area contributed by atoms with Gasteiger partial charge in [-0.1, -0.05) is 36.4 Å². The van der Waals surface area contributed by atoms with Crippen molar-refractivity contribution in [1.29, 1.82) is 0 Å². The van der Waals surface area contributed by atoms with Crippen LogP contribution in [0.4, 0.5) is 0 Å². The van der Waals surface area contributed by atoms with Gasteiger partial charge in [0.05, 0.1) is 13.2 Å². The third-order valence-electron chi connectivity index (χ3n) is 6.33. The molecule has 0 aromatic heterocycles. The molecule has 0 N–H and O–H groups in total. The average Bonchev–Trinajstić information content (AvgIpc) is 2.83. The number of ether oxygens (including phenoxy) is 1. The van der Waals surface area contributed by atoms with Crippen molar-refractivity contribution < 1.29 is 14.3 Å². The number of rotatable bonds is 7. The van der Waals surface area contributed by atoms with Crippen LogP contribution in [-0.4, -0.2) is 78.9 Å². The number of amides is 2. The summed E-state index contributed by atoms with van der Waals surface area (Å²) >= 11 is 0. The van der Waals surface area contributed by atoms with Crippen LogP contribution in [0, 0.1) is 0 Å². The molecule has 31 heavy (non-hydrogen) atoms. The Balaban J connectivity index is 1.15. The standard InChI is InChI=1S/C25H33N3O3/c29-24(12-7-19-31-23-11-6-9-21-8-2-3-10-22(21)23)28-17-15-26(16-18-28)20-25(30)27-13-4-1-5-14-27/h2-3,6,8-11H,1,4-5,7,12-20H2. The summed E-state index contributed by atoms with van der Waals surface area (Å²) in [5.74, 6) is 1.30. The molecule has 0 bridgehead atoms. The summed E-state index contributed by atoms with van der Waals surface area (Å²) in [7, 11) is 0. The molecule has 6 nitrogen and oxygen atoms in total. The van der Waals surface area contributed by atoms with Gasteiger partial charge in [-0.25, -0.2) is 0 Å². The molecule has 0 aliphatic carbocycles. The maximum Gasteiger partial charge on any atom is 0.236 e. The van der Waals surface area contributed by atoms with Crippen molar-refractivity contribution in [2.45, 2.75) is 32.1 Å². The van der Waals surface area contributed by atoms with Crippen LogP contribution in [-0.2, 0) is 9.59 Å². The number of carbonyl (C=O) groups excluding carboxylic acids is 2. The molecule has 0 spiro atoms. The third-order valence-corrected chi connectivity index (χ3v) is 6.33. The summed E-state index contributed by atoms with van der Waals surface area (Å²) < 4.78 is 5.95. The van der Waals surface area contributed by atoms with Gasteiger partial charge in [0, 0.05) is 51.1 Å². The largest absolute Gasteiger partial charge is 0.493 e. The zero-order chi connectivity index (χ0) is 21.5. The fourth-order valence-electron chi connectivity index (χ4n) is 4.48. The van der Waals surface area contributed by atoms with Gasteiger partial charge in [-0.3, -0.25) is 14.5 Å². The number of carbonyl (C=O) groups is 2. The minimum atomic E-state index is 0.184. The quantitative estimate of drug-likeness (QED) is 0.642. The van der Waals surface area contributed by atoms with E-state index in [4.69, 9.17) is 4.74 Å². The summed E-state index contributed by atoms with van der Waals surface area (Å²) in [5, 5.41) is 2.26. The Hall–Kier alpha value is -2.60. The normalized spacial score (nSPS) is 17.7. The highest BCUT2D eigenvalue weighted by Gasteiger charge is 2.24. The van der Waals surface area contributed by atoms with Crippen molar-refractivity contribution in [2.24, 2.45) is 0 Å². The second kappa shape index (κ2) is 10.6. The molecule has 0 saturated carbocycles. The minimum absolute atomic E-state index is 0.184. The first-order valence-electron chi connectivity index (χ1n) is 11.6. The minimum Gasteiger partial charge on any atom is -0.493 e. The van der Waals surface area contributed by atoms with E-state index in [1.807, 2.05) is 34.1 Å². The highest BCUT2D eigenvalue weighted by atomic mass is 16.5. The number of hydrogen-bond donors (Lipinski definition) is 0. The van der Waals surface area contributed by atoms with Crippen LogP contribution in [0.1, 0.15) is 32.1 Å². The topological polar surface area (TPSA) is 53.1 Å². The monoisotopic (exact) mass is 423 g/mol. The fourth-order valence-corrected chi connectivity index (χ4v) is 4.48. The van der Waals surface area contributed by atoms with E-state index in [1.165, 1.54) is 6.42 Å². The molecule has 0 atom stereocenters. The van der Waals surface area contributed by atoms with Crippen molar-refractivity contribution in [1.82, 2.24) is 14.7 Å². The van der Waals surface area contributed by atoms with Crippen LogP contribution >= 0.6 is 0 Å². The van der Waals surface area contributed by atoms with E-state index in [0.717, 1.165) is 55.5 Å². The molecule has 0 radical (unpaired) electrons. The van der Waals surface area contributed by atoms with Crippen LogP contribution in [0.15, 0.2) is 42.5 Å². The van der Waals surface area contributed by atoms with Crippen molar-refractivity contribution in [3.63, 3.8) is 0 Å². The summed E-state index contributed by atoms with van der Waals surface area (Å²) in [6.45, 7) is 5.78. The second-order valence-corrected chi connectivity index (χ2v) is 8.53. The Bertz CT molecular complexity index is 881. The number of fused-ring (bicyclic) bond motifs is 1. The zero-order valence-corrected chi connectivity index (χ0v) is 18.3.